The molecule has 1 aliphatic heterocycles. The second-order valence-corrected chi connectivity index (χ2v) is 6.04. The van der Waals surface area contributed by atoms with Crippen molar-refractivity contribution >= 4 is 11.9 Å². The molecule has 0 saturated carbocycles. The van der Waals surface area contributed by atoms with Gasteiger partial charge in [-0.05, 0) is 31.9 Å². The fourth-order valence-corrected chi connectivity index (χ4v) is 2.79. The zero-order chi connectivity index (χ0) is 16.4. The molecule has 1 N–H and O–H groups in total. The molecule has 0 spiro atoms. The Morgan fingerprint density at radius 3 is 2.70 bits per heavy atom. The highest BCUT2D eigenvalue weighted by molar-refractivity contribution is 5.91. The van der Waals surface area contributed by atoms with Crippen LogP contribution < -0.4 is 0 Å². The number of nitrogens with zero attached hydrogens (tertiary/aromatic N) is 4. The number of piperidine rings is 1. The topological polar surface area (TPSA) is 88.3 Å². The number of carboxylic acids is 1. The summed E-state index contributed by atoms with van der Waals surface area (Å²) < 4.78 is 1.54. The van der Waals surface area contributed by atoms with Crippen molar-refractivity contribution in [3.63, 3.8) is 0 Å². The number of amides is 1. The number of carbonyl (C=O) groups excluding carboxylic acids is 1. The standard InChI is InChI=1S/C16H18N4O3/c1-16(15(22)23)8-5-9-19(10-16)14(21)13-17-11-20(18-13)12-6-3-2-4-7-12/h2-4,6-7,11H,5,8-10H2,1H3,(H,22,23)/t16-/m1/s1. The molecule has 0 aliphatic carbocycles. The van der Waals surface area contributed by atoms with E-state index in [0.29, 0.717) is 19.4 Å². The van der Waals surface area contributed by atoms with Crippen LogP contribution in [-0.4, -0.2) is 49.7 Å². The summed E-state index contributed by atoms with van der Waals surface area (Å²) in [7, 11) is 0. The molecular formula is C16H18N4O3. The predicted molar refractivity (Wildman–Crippen MR) is 82.2 cm³/mol. The van der Waals surface area contributed by atoms with Crippen LogP contribution in [0.15, 0.2) is 36.7 Å². The van der Waals surface area contributed by atoms with Gasteiger partial charge in [-0.1, -0.05) is 18.2 Å². The number of benzene rings is 1. The van der Waals surface area contributed by atoms with E-state index >= 15 is 0 Å². The van der Waals surface area contributed by atoms with Crippen LogP contribution in [0.5, 0.6) is 0 Å². The highest BCUT2D eigenvalue weighted by Gasteiger charge is 2.40. The number of carboxylic acid groups (broad SMARTS) is 1. The van der Waals surface area contributed by atoms with Crippen molar-refractivity contribution < 1.29 is 14.7 Å². The Morgan fingerprint density at radius 2 is 2.00 bits per heavy atom. The molecule has 2 heterocycles. The average molecular weight is 314 g/mol. The first-order valence-electron chi connectivity index (χ1n) is 7.49. The van der Waals surface area contributed by atoms with Crippen LogP contribution in [0.3, 0.4) is 0 Å². The molecule has 0 radical (unpaired) electrons. The first kappa shape index (κ1) is 15.2. The molecule has 1 saturated heterocycles. The van der Waals surface area contributed by atoms with Gasteiger partial charge in [-0.3, -0.25) is 9.59 Å². The number of hydrogen-bond acceptors (Lipinski definition) is 4. The van der Waals surface area contributed by atoms with E-state index in [9.17, 15) is 14.7 Å². The van der Waals surface area contributed by atoms with E-state index in [4.69, 9.17) is 0 Å². The highest BCUT2D eigenvalue weighted by atomic mass is 16.4. The maximum absolute atomic E-state index is 12.5. The summed E-state index contributed by atoms with van der Waals surface area (Å²) in [5, 5.41) is 13.6. The van der Waals surface area contributed by atoms with Gasteiger partial charge in [0.1, 0.15) is 6.33 Å². The molecule has 1 aliphatic rings. The second kappa shape index (κ2) is 5.83. The zero-order valence-corrected chi connectivity index (χ0v) is 12.8. The van der Waals surface area contributed by atoms with E-state index in [0.717, 1.165) is 5.69 Å². The number of likely N-dealkylation sites (tertiary alicyclic amines) is 1. The lowest BCUT2D eigenvalue weighted by atomic mass is 9.82. The lowest BCUT2D eigenvalue weighted by Crippen LogP contribution is -2.48. The minimum absolute atomic E-state index is 0.0866. The van der Waals surface area contributed by atoms with Crippen LogP contribution >= 0.6 is 0 Å². The number of para-hydroxylation sites is 1. The van der Waals surface area contributed by atoms with Crippen LogP contribution in [0.25, 0.3) is 5.69 Å². The van der Waals surface area contributed by atoms with Crippen molar-refractivity contribution in [1.82, 2.24) is 19.7 Å². The molecule has 7 heteroatoms. The normalized spacial score (nSPS) is 21.2. The molecule has 0 unspecified atom stereocenters. The molecule has 1 aromatic heterocycles. The molecule has 23 heavy (non-hydrogen) atoms. The molecule has 0 bridgehead atoms. The number of hydrogen-bond donors (Lipinski definition) is 1. The van der Waals surface area contributed by atoms with E-state index in [2.05, 4.69) is 10.1 Å². The quantitative estimate of drug-likeness (QED) is 0.929. The lowest BCUT2D eigenvalue weighted by molar-refractivity contribution is -0.150. The van der Waals surface area contributed by atoms with Crippen LogP contribution in [0, 0.1) is 5.41 Å². The molecule has 1 fully saturated rings. The second-order valence-electron chi connectivity index (χ2n) is 6.04. The van der Waals surface area contributed by atoms with E-state index in [-0.39, 0.29) is 18.3 Å². The van der Waals surface area contributed by atoms with Gasteiger partial charge in [0.25, 0.3) is 5.91 Å². The number of rotatable bonds is 3. The Balaban J connectivity index is 1.79. The van der Waals surface area contributed by atoms with Crippen LogP contribution in [0.2, 0.25) is 0 Å². The summed E-state index contributed by atoms with van der Waals surface area (Å²) in [6.45, 7) is 2.38. The van der Waals surface area contributed by atoms with Gasteiger partial charge in [0, 0.05) is 13.1 Å². The fourth-order valence-electron chi connectivity index (χ4n) is 2.79. The van der Waals surface area contributed by atoms with Crippen LogP contribution in [0.1, 0.15) is 30.4 Å². The first-order chi connectivity index (χ1) is 11.0. The van der Waals surface area contributed by atoms with E-state index < -0.39 is 11.4 Å². The molecule has 3 rings (SSSR count). The van der Waals surface area contributed by atoms with Crippen molar-refractivity contribution in [3.8, 4) is 5.69 Å². The molecule has 7 nitrogen and oxygen atoms in total. The van der Waals surface area contributed by atoms with Gasteiger partial charge in [0.2, 0.25) is 5.82 Å². The number of aliphatic carboxylic acids is 1. The monoisotopic (exact) mass is 314 g/mol. The van der Waals surface area contributed by atoms with Gasteiger partial charge in [0.15, 0.2) is 0 Å². The Hall–Kier alpha value is -2.70. The molecule has 1 amide bonds. The van der Waals surface area contributed by atoms with Gasteiger partial charge >= 0.3 is 5.97 Å². The summed E-state index contributed by atoms with van der Waals surface area (Å²) >= 11 is 0. The summed E-state index contributed by atoms with van der Waals surface area (Å²) in [5.41, 5.74) is -0.0938. The SMILES string of the molecule is C[C@@]1(C(=O)O)CCCN(C(=O)c2ncn(-c3ccccc3)n2)C1. The van der Waals surface area contributed by atoms with Gasteiger partial charge in [0.05, 0.1) is 11.1 Å². The summed E-state index contributed by atoms with van der Waals surface area (Å²) in [6.07, 6.45) is 2.72. The Labute approximate surface area is 133 Å². The number of aromatic nitrogens is 3. The zero-order valence-electron chi connectivity index (χ0n) is 12.8. The minimum atomic E-state index is -0.907. The third-order valence-electron chi connectivity index (χ3n) is 4.20. The predicted octanol–water partition coefficient (Wildman–Crippen LogP) is 1.59. The lowest BCUT2D eigenvalue weighted by Gasteiger charge is -2.36. The van der Waals surface area contributed by atoms with Crippen molar-refractivity contribution in [2.75, 3.05) is 13.1 Å². The third-order valence-corrected chi connectivity index (χ3v) is 4.20. The maximum Gasteiger partial charge on any atom is 0.311 e. The molecule has 1 aromatic carbocycles. The smallest absolute Gasteiger partial charge is 0.311 e. The number of carbonyl (C=O) groups is 2. The minimum Gasteiger partial charge on any atom is -0.481 e. The van der Waals surface area contributed by atoms with E-state index in [1.807, 2.05) is 30.3 Å². The van der Waals surface area contributed by atoms with Crippen LogP contribution in [-0.2, 0) is 4.79 Å². The van der Waals surface area contributed by atoms with Crippen molar-refractivity contribution in [2.45, 2.75) is 19.8 Å². The van der Waals surface area contributed by atoms with Gasteiger partial charge in [-0.25, -0.2) is 9.67 Å². The largest absolute Gasteiger partial charge is 0.481 e. The molecule has 1 atom stereocenters. The van der Waals surface area contributed by atoms with E-state index in [1.165, 1.54) is 15.9 Å². The summed E-state index contributed by atoms with van der Waals surface area (Å²) in [4.78, 5) is 29.5. The molecular weight excluding hydrogens is 296 g/mol. The van der Waals surface area contributed by atoms with Crippen molar-refractivity contribution in [1.29, 1.82) is 0 Å². The Morgan fingerprint density at radius 1 is 1.26 bits per heavy atom. The van der Waals surface area contributed by atoms with Gasteiger partial charge < -0.3 is 10.0 Å². The Bertz CT molecular complexity index is 728. The van der Waals surface area contributed by atoms with Gasteiger partial charge in [-0.15, -0.1) is 5.10 Å². The summed E-state index contributed by atoms with van der Waals surface area (Å²) in [5.74, 6) is -1.12. The van der Waals surface area contributed by atoms with Crippen molar-refractivity contribution in [2.24, 2.45) is 5.41 Å². The van der Waals surface area contributed by atoms with Crippen LogP contribution in [0.4, 0.5) is 0 Å². The first-order valence-corrected chi connectivity index (χ1v) is 7.49. The average Bonchev–Trinajstić information content (AvgIpc) is 3.05. The Kier molecular flexibility index (Phi) is 3.85. The fraction of sp³-hybridized carbons (Fsp3) is 0.375. The maximum atomic E-state index is 12.5. The van der Waals surface area contributed by atoms with Crippen molar-refractivity contribution in [3.05, 3.63) is 42.5 Å². The van der Waals surface area contributed by atoms with E-state index in [1.54, 1.807) is 6.92 Å². The summed E-state index contributed by atoms with van der Waals surface area (Å²) in [6, 6.07) is 9.38. The molecule has 120 valence electrons. The third kappa shape index (κ3) is 2.94. The highest BCUT2D eigenvalue weighted by Crippen LogP contribution is 2.30. The molecule has 2 aromatic rings. The van der Waals surface area contributed by atoms with Gasteiger partial charge in [-0.2, -0.15) is 0 Å².